The molecule has 0 aliphatic rings. The largest absolute Gasteiger partial charge is 0.364 e. The molecular formula is C12H11N3O. The zero-order valence-electron chi connectivity index (χ0n) is 8.84. The molecule has 0 aliphatic carbocycles. The van der Waals surface area contributed by atoms with Gasteiger partial charge >= 0.3 is 0 Å². The Balaban J connectivity index is 2.53. The van der Waals surface area contributed by atoms with Crippen molar-refractivity contribution in [1.29, 1.82) is 0 Å². The predicted octanol–water partition coefficient (Wildman–Crippen LogP) is 1.55. The number of nitrogens with two attached hydrogens (primary N) is 1. The van der Waals surface area contributed by atoms with Crippen LogP contribution in [0.2, 0.25) is 0 Å². The molecule has 0 unspecified atom stereocenters. The van der Waals surface area contributed by atoms with Gasteiger partial charge in [-0.15, -0.1) is 0 Å². The lowest BCUT2D eigenvalue weighted by atomic mass is 10.1. The Morgan fingerprint density at radius 1 is 1.25 bits per heavy atom. The van der Waals surface area contributed by atoms with Crippen molar-refractivity contribution in [2.24, 2.45) is 5.73 Å². The fraction of sp³-hybridized carbons (Fsp3) is 0.0833. The molecule has 0 saturated carbocycles. The maximum absolute atomic E-state index is 11.0. The molecule has 4 heteroatoms. The normalized spacial score (nSPS) is 10.1. The summed E-state index contributed by atoms with van der Waals surface area (Å²) in [7, 11) is 0. The molecule has 80 valence electrons. The average molecular weight is 213 g/mol. The third-order valence-electron chi connectivity index (χ3n) is 2.29. The van der Waals surface area contributed by atoms with Gasteiger partial charge in [-0.2, -0.15) is 0 Å². The highest BCUT2D eigenvalue weighted by Crippen LogP contribution is 2.18. The first-order valence-corrected chi connectivity index (χ1v) is 4.87. The van der Waals surface area contributed by atoms with Crippen LogP contribution in [0, 0.1) is 6.92 Å². The number of amides is 1. The van der Waals surface area contributed by atoms with Crippen LogP contribution in [0.4, 0.5) is 0 Å². The zero-order chi connectivity index (χ0) is 11.5. The predicted molar refractivity (Wildman–Crippen MR) is 60.7 cm³/mol. The van der Waals surface area contributed by atoms with Crippen molar-refractivity contribution in [1.82, 2.24) is 9.97 Å². The van der Waals surface area contributed by atoms with Crippen LogP contribution < -0.4 is 5.73 Å². The molecule has 1 amide bonds. The number of hydrogen-bond acceptors (Lipinski definition) is 3. The molecule has 0 aliphatic heterocycles. The Morgan fingerprint density at radius 3 is 2.69 bits per heavy atom. The van der Waals surface area contributed by atoms with E-state index in [1.807, 2.05) is 31.2 Å². The molecule has 0 bridgehead atoms. The van der Waals surface area contributed by atoms with E-state index in [0.29, 0.717) is 5.82 Å². The molecule has 2 rings (SSSR count). The Bertz CT molecular complexity index is 537. The van der Waals surface area contributed by atoms with Crippen LogP contribution in [0.3, 0.4) is 0 Å². The minimum Gasteiger partial charge on any atom is -0.364 e. The van der Waals surface area contributed by atoms with Crippen LogP contribution in [0.15, 0.2) is 36.5 Å². The van der Waals surface area contributed by atoms with Gasteiger partial charge in [-0.05, 0) is 18.6 Å². The molecule has 0 atom stereocenters. The van der Waals surface area contributed by atoms with Crippen molar-refractivity contribution in [2.45, 2.75) is 6.92 Å². The highest BCUT2D eigenvalue weighted by molar-refractivity contribution is 5.91. The number of hydrogen-bond donors (Lipinski definition) is 1. The van der Waals surface area contributed by atoms with Crippen LogP contribution in [-0.2, 0) is 0 Å². The van der Waals surface area contributed by atoms with Gasteiger partial charge in [-0.25, -0.2) is 9.97 Å². The van der Waals surface area contributed by atoms with Crippen molar-refractivity contribution in [3.8, 4) is 11.4 Å². The number of carbonyl (C=O) groups is 1. The lowest BCUT2D eigenvalue weighted by Crippen LogP contribution is -2.13. The van der Waals surface area contributed by atoms with Crippen molar-refractivity contribution in [3.05, 3.63) is 47.8 Å². The van der Waals surface area contributed by atoms with Gasteiger partial charge in [-0.3, -0.25) is 4.79 Å². The average Bonchev–Trinajstić information content (AvgIpc) is 2.30. The smallest absolute Gasteiger partial charge is 0.267 e. The highest BCUT2D eigenvalue weighted by Gasteiger charge is 2.07. The summed E-state index contributed by atoms with van der Waals surface area (Å²) in [5, 5.41) is 0. The third-order valence-corrected chi connectivity index (χ3v) is 2.29. The van der Waals surface area contributed by atoms with E-state index >= 15 is 0 Å². The van der Waals surface area contributed by atoms with Gasteiger partial charge in [-0.1, -0.05) is 24.3 Å². The molecule has 0 spiro atoms. The van der Waals surface area contributed by atoms with Crippen LogP contribution in [0.1, 0.15) is 16.1 Å². The van der Waals surface area contributed by atoms with Crippen LogP contribution in [0.25, 0.3) is 11.4 Å². The van der Waals surface area contributed by atoms with Crippen molar-refractivity contribution >= 4 is 5.91 Å². The van der Waals surface area contributed by atoms with Gasteiger partial charge in [0, 0.05) is 11.8 Å². The summed E-state index contributed by atoms with van der Waals surface area (Å²) >= 11 is 0. The molecule has 16 heavy (non-hydrogen) atoms. The van der Waals surface area contributed by atoms with Gasteiger partial charge in [0.05, 0.1) is 0 Å². The Morgan fingerprint density at radius 2 is 2.00 bits per heavy atom. The van der Waals surface area contributed by atoms with Gasteiger partial charge in [0.2, 0.25) is 0 Å². The summed E-state index contributed by atoms with van der Waals surface area (Å²) < 4.78 is 0. The second-order valence-corrected chi connectivity index (χ2v) is 3.44. The summed E-state index contributed by atoms with van der Waals surface area (Å²) in [5.41, 5.74) is 7.37. The molecule has 1 heterocycles. The monoisotopic (exact) mass is 213 g/mol. The second kappa shape index (κ2) is 4.10. The highest BCUT2D eigenvalue weighted by atomic mass is 16.1. The summed E-state index contributed by atoms with van der Waals surface area (Å²) in [6, 6.07) is 9.23. The van der Waals surface area contributed by atoms with Crippen LogP contribution in [0.5, 0.6) is 0 Å². The second-order valence-electron chi connectivity index (χ2n) is 3.44. The van der Waals surface area contributed by atoms with E-state index in [1.165, 1.54) is 12.3 Å². The zero-order valence-corrected chi connectivity index (χ0v) is 8.84. The number of rotatable bonds is 2. The fourth-order valence-electron chi connectivity index (χ4n) is 1.45. The fourth-order valence-corrected chi connectivity index (χ4v) is 1.45. The van der Waals surface area contributed by atoms with Crippen LogP contribution >= 0.6 is 0 Å². The van der Waals surface area contributed by atoms with Crippen LogP contribution in [-0.4, -0.2) is 15.9 Å². The first-order chi connectivity index (χ1) is 7.68. The maximum atomic E-state index is 11.0. The molecule has 0 radical (unpaired) electrons. The minimum absolute atomic E-state index is 0.230. The molecule has 4 nitrogen and oxygen atoms in total. The third kappa shape index (κ3) is 1.91. The number of aromatic nitrogens is 2. The lowest BCUT2D eigenvalue weighted by molar-refractivity contribution is 0.0995. The topological polar surface area (TPSA) is 68.9 Å². The van der Waals surface area contributed by atoms with E-state index in [4.69, 9.17) is 5.73 Å². The van der Waals surface area contributed by atoms with Crippen molar-refractivity contribution in [2.75, 3.05) is 0 Å². The van der Waals surface area contributed by atoms with Gasteiger partial charge in [0.1, 0.15) is 5.69 Å². The summed E-state index contributed by atoms with van der Waals surface area (Å²) in [4.78, 5) is 19.3. The van der Waals surface area contributed by atoms with E-state index in [9.17, 15) is 4.79 Å². The molecule has 2 N–H and O–H groups in total. The molecule has 1 aromatic heterocycles. The summed E-state index contributed by atoms with van der Waals surface area (Å²) in [6.45, 7) is 1.97. The van der Waals surface area contributed by atoms with Crippen molar-refractivity contribution in [3.63, 3.8) is 0 Å². The summed E-state index contributed by atoms with van der Waals surface area (Å²) in [6.07, 6.45) is 1.54. The van der Waals surface area contributed by atoms with E-state index < -0.39 is 5.91 Å². The first-order valence-electron chi connectivity index (χ1n) is 4.87. The number of benzene rings is 1. The number of primary amides is 1. The standard InChI is InChI=1S/C12H11N3O/c1-8-4-2-3-5-9(8)12-14-7-6-10(15-12)11(13)16/h2-7H,1H3,(H2,13,16). The van der Waals surface area contributed by atoms with Gasteiger partial charge < -0.3 is 5.73 Å². The maximum Gasteiger partial charge on any atom is 0.267 e. The number of carbonyl (C=O) groups excluding carboxylic acids is 1. The van der Waals surface area contributed by atoms with E-state index in [2.05, 4.69) is 9.97 Å². The molecule has 0 fully saturated rings. The van der Waals surface area contributed by atoms with Gasteiger partial charge in [0.15, 0.2) is 5.82 Å². The van der Waals surface area contributed by atoms with Gasteiger partial charge in [0.25, 0.3) is 5.91 Å². The molecule has 1 aromatic carbocycles. The molecule has 2 aromatic rings. The quantitative estimate of drug-likeness (QED) is 0.822. The first kappa shape index (κ1) is 10.3. The lowest BCUT2D eigenvalue weighted by Gasteiger charge is -2.04. The summed E-state index contributed by atoms with van der Waals surface area (Å²) in [5.74, 6) is -0.0216. The Kier molecular flexibility index (Phi) is 2.64. The number of nitrogens with zero attached hydrogens (tertiary/aromatic N) is 2. The van der Waals surface area contributed by atoms with E-state index in [-0.39, 0.29) is 5.69 Å². The van der Waals surface area contributed by atoms with E-state index in [1.54, 1.807) is 0 Å². The van der Waals surface area contributed by atoms with Crippen molar-refractivity contribution < 1.29 is 4.79 Å². The Labute approximate surface area is 93.2 Å². The molecular weight excluding hydrogens is 202 g/mol. The minimum atomic E-state index is -0.544. The van der Waals surface area contributed by atoms with E-state index in [0.717, 1.165) is 11.1 Å². The molecule has 0 saturated heterocycles. The Hall–Kier alpha value is -2.23. The number of aryl methyl sites for hydroxylation is 1. The SMILES string of the molecule is Cc1ccccc1-c1nccc(C(N)=O)n1.